The molecule has 0 aromatic heterocycles. The van der Waals surface area contributed by atoms with Gasteiger partial charge in [0.15, 0.2) is 0 Å². The molecule has 4 nitrogen and oxygen atoms in total. The van der Waals surface area contributed by atoms with Crippen molar-refractivity contribution in [3.05, 3.63) is 11.4 Å². The van der Waals surface area contributed by atoms with Gasteiger partial charge in [-0.05, 0) is 0 Å². The Kier molecular flexibility index (Phi) is 3.66. The van der Waals surface area contributed by atoms with Crippen LogP contribution in [0.1, 0.15) is 0 Å². The fourth-order valence-electron chi connectivity index (χ4n) is 0.730. The molecule has 0 fully saturated rings. The van der Waals surface area contributed by atoms with E-state index in [0.29, 0.717) is 11.4 Å². The van der Waals surface area contributed by atoms with Crippen molar-refractivity contribution in [2.75, 3.05) is 28.2 Å². The molecule has 0 unspecified atom stereocenters. The maximum Gasteiger partial charge on any atom is 0.150 e. The summed E-state index contributed by atoms with van der Waals surface area (Å²) in [6, 6.07) is 3.95. The average Bonchev–Trinajstić information content (AvgIpc) is 1.98. The second-order valence-corrected chi connectivity index (χ2v) is 2.71. The quantitative estimate of drug-likeness (QED) is 0.553. The van der Waals surface area contributed by atoms with Gasteiger partial charge >= 0.3 is 0 Å². The van der Waals surface area contributed by atoms with Crippen molar-refractivity contribution in [1.82, 2.24) is 9.80 Å². The normalized spacial score (nSPS) is 10.8. The average molecular weight is 164 g/mol. The third-order valence-electron chi connectivity index (χ3n) is 1.33. The van der Waals surface area contributed by atoms with E-state index in [4.69, 9.17) is 10.5 Å². The molecule has 0 heterocycles. The summed E-state index contributed by atoms with van der Waals surface area (Å²) in [4.78, 5) is 3.25. The van der Waals surface area contributed by atoms with E-state index in [1.165, 1.54) is 0 Å². The monoisotopic (exact) mass is 164 g/mol. The van der Waals surface area contributed by atoms with Gasteiger partial charge in [0.25, 0.3) is 0 Å². The zero-order chi connectivity index (χ0) is 9.72. The summed E-state index contributed by atoms with van der Waals surface area (Å²) in [5, 5.41) is 17.4. The number of hydrogen-bond acceptors (Lipinski definition) is 4. The number of rotatable bonds is 2. The van der Waals surface area contributed by atoms with Crippen LogP contribution in [0.5, 0.6) is 0 Å². The van der Waals surface area contributed by atoms with Crippen LogP contribution < -0.4 is 0 Å². The van der Waals surface area contributed by atoms with Gasteiger partial charge in [-0.2, -0.15) is 10.5 Å². The topological polar surface area (TPSA) is 54.1 Å². The fourth-order valence-corrected chi connectivity index (χ4v) is 0.730. The van der Waals surface area contributed by atoms with Gasteiger partial charge in [-0.1, -0.05) is 0 Å². The van der Waals surface area contributed by atoms with Crippen molar-refractivity contribution in [2.24, 2.45) is 0 Å². The van der Waals surface area contributed by atoms with Crippen molar-refractivity contribution < 1.29 is 0 Å². The van der Waals surface area contributed by atoms with Gasteiger partial charge in [-0.25, -0.2) is 0 Å². The predicted octanol–water partition coefficient (Wildman–Crippen LogP) is 0.368. The Morgan fingerprint density at radius 3 is 1.17 bits per heavy atom. The van der Waals surface area contributed by atoms with Crippen LogP contribution in [0.4, 0.5) is 0 Å². The molecule has 0 bridgehead atoms. The first-order valence-corrected chi connectivity index (χ1v) is 3.43. The Balaban J connectivity index is 5.10. The summed E-state index contributed by atoms with van der Waals surface area (Å²) in [6.07, 6.45) is 0. The van der Waals surface area contributed by atoms with Crippen LogP contribution >= 0.6 is 0 Å². The van der Waals surface area contributed by atoms with Crippen LogP contribution in [-0.4, -0.2) is 38.0 Å². The molecular weight excluding hydrogens is 152 g/mol. The fraction of sp³-hybridized carbons (Fsp3) is 0.500. The second-order valence-electron chi connectivity index (χ2n) is 2.71. The zero-order valence-electron chi connectivity index (χ0n) is 7.79. The van der Waals surface area contributed by atoms with E-state index >= 15 is 0 Å². The van der Waals surface area contributed by atoms with Gasteiger partial charge in [0.05, 0.1) is 0 Å². The second kappa shape index (κ2) is 4.25. The van der Waals surface area contributed by atoms with Crippen molar-refractivity contribution in [1.29, 1.82) is 10.5 Å². The third-order valence-corrected chi connectivity index (χ3v) is 1.33. The molecule has 0 spiro atoms. The van der Waals surface area contributed by atoms with Crippen LogP contribution in [0.2, 0.25) is 0 Å². The van der Waals surface area contributed by atoms with E-state index < -0.39 is 0 Å². The van der Waals surface area contributed by atoms with Crippen molar-refractivity contribution >= 4 is 0 Å². The lowest BCUT2D eigenvalue weighted by Gasteiger charge is -2.17. The molecule has 0 saturated heterocycles. The van der Waals surface area contributed by atoms with Gasteiger partial charge < -0.3 is 9.80 Å². The smallest absolute Gasteiger partial charge is 0.150 e. The van der Waals surface area contributed by atoms with Crippen molar-refractivity contribution in [3.63, 3.8) is 0 Å². The molecule has 0 aromatic carbocycles. The lowest BCUT2D eigenvalue weighted by atomic mass is 10.3. The van der Waals surface area contributed by atoms with Crippen molar-refractivity contribution in [3.8, 4) is 12.1 Å². The molecule has 0 aliphatic heterocycles. The Morgan fingerprint density at radius 2 is 1.08 bits per heavy atom. The molecule has 0 aromatic rings. The van der Waals surface area contributed by atoms with Gasteiger partial charge in [0.1, 0.15) is 23.5 Å². The minimum absolute atomic E-state index is 0.377. The Morgan fingerprint density at radius 1 is 0.833 bits per heavy atom. The van der Waals surface area contributed by atoms with Gasteiger partial charge in [0, 0.05) is 28.2 Å². The molecular formula is C8H12N4. The van der Waals surface area contributed by atoms with Gasteiger partial charge in [-0.15, -0.1) is 0 Å². The first kappa shape index (κ1) is 10.3. The van der Waals surface area contributed by atoms with Crippen molar-refractivity contribution in [2.45, 2.75) is 0 Å². The molecule has 0 aliphatic carbocycles. The van der Waals surface area contributed by atoms with Gasteiger partial charge in [-0.3, -0.25) is 0 Å². The summed E-state index contributed by atoms with van der Waals surface area (Å²) >= 11 is 0. The highest BCUT2D eigenvalue weighted by Crippen LogP contribution is 2.07. The summed E-state index contributed by atoms with van der Waals surface area (Å²) in [6.45, 7) is 0. The minimum atomic E-state index is 0.377. The molecule has 12 heavy (non-hydrogen) atoms. The number of allylic oxidation sites excluding steroid dienone is 2. The molecule has 0 aliphatic rings. The molecule has 0 atom stereocenters. The lowest BCUT2D eigenvalue weighted by Crippen LogP contribution is -2.19. The molecule has 0 amide bonds. The number of nitrogens with zero attached hydrogens (tertiary/aromatic N) is 4. The molecule has 64 valence electrons. The van der Waals surface area contributed by atoms with Crippen LogP contribution in [0.25, 0.3) is 0 Å². The Bertz CT molecular complexity index is 234. The predicted molar refractivity (Wildman–Crippen MR) is 45.6 cm³/mol. The summed E-state index contributed by atoms with van der Waals surface area (Å²) in [5.41, 5.74) is 0.755. The van der Waals surface area contributed by atoms with Crippen LogP contribution in [0, 0.1) is 22.7 Å². The number of hydrogen-bond donors (Lipinski definition) is 0. The SMILES string of the molecule is CN(C)/C(C#N)=C(/C#N)N(C)C. The molecule has 0 rings (SSSR count). The van der Waals surface area contributed by atoms with Gasteiger partial charge in [0.2, 0.25) is 0 Å². The summed E-state index contributed by atoms with van der Waals surface area (Å²) < 4.78 is 0. The lowest BCUT2D eigenvalue weighted by molar-refractivity contribution is 0.469. The van der Waals surface area contributed by atoms with E-state index in [0.717, 1.165) is 0 Å². The molecule has 0 N–H and O–H groups in total. The van der Waals surface area contributed by atoms with E-state index in [1.54, 1.807) is 38.0 Å². The Labute approximate surface area is 72.9 Å². The van der Waals surface area contributed by atoms with Crippen LogP contribution in [0.3, 0.4) is 0 Å². The maximum atomic E-state index is 8.72. The highest BCUT2D eigenvalue weighted by atomic mass is 15.1. The third kappa shape index (κ3) is 2.17. The molecule has 0 radical (unpaired) electrons. The van der Waals surface area contributed by atoms with E-state index in [-0.39, 0.29) is 0 Å². The zero-order valence-corrected chi connectivity index (χ0v) is 7.79. The standard InChI is InChI=1S/C8H12N4/c1-11(2)7(5-9)8(6-10)12(3)4/h1-4H3/b8-7-. The van der Waals surface area contributed by atoms with E-state index in [1.807, 2.05) is 12.1 Å². The highest BCUT2D eigenvalue weighted by molar-refractivity contribution is 5.33. The van der Waals surface area contributed by atoms with Crippen LogP contribution in [-0.2, 0) is 0 Å². The minimum Gasteiger partial charge on any atom is -0.367 e. The van der Waals surface area contributed by atoms with E-state index in [2.05, 4.69) is 0 Å². The molecule has 4 heteroatoms. The first-order valence-electron chi connectivity index (χ1n) is 3.43. The number of nitriles is 2. The maximum absolute atomic E-state index is 8.72. The van der Waals surface area contributed by atoms with E-state index in [9.17, 15) is 0 Å². The summed E-state index contributed by atoms with van der Waals surface area (Å²) in [7, 11) is 6.94. The Hall–Kier alpha value is -1.68. The first-order chi connectivity index (χ1) is 5.54. The van der Waals surface area contributed by atoms with Crippen LogP contribution in [0.15, 0.2) is 11.4 Å². The highest BCUT2D eigenvalue weighted by Gasteiger charge is 2.09. The summed E-state index contributed by atoms with van der Waals surface area (Å²) in [5.74, 6) is 0. The molecule has 0 saturated carbocycles. The largest absolute Gasteiger partial charge is 0.367 e.